The van der Waals surface area contributed by atoms with Gasteiger partial charge in [-0.2, -0.15) is 5.10 Å². The van der Waals surface area contributed by atoms with Crippen molar-refractivity contribution in [2.45, 2.75) is 38.0 Å². The monoisotopic (exact) mass is 398 g/mol. The number of hydrogen-bond donors (Lipinski definition) is 2. The molecule has 8 heteroatoms. The molecule has 1 aliphatic rings. The fraction of sp³-hybridized carbons (Fsp3) is 0.476. The first-order chi connectivity index (χ1) is 14.1. The van der Waals surface area contributed by atoms with Gasteiger partial charge in [-0.05, 0) is 25.0 Å². The van der Waals surface area contributed by atoms with Gasteiger partial charge < -0.3 is 19.6 Å². The average Bonchev–Trinajstić information content (AvgIpc) is 3.09. The fourth-order valence-electron chi connectivity index (χ4n) is 4.10. The summed E-state index contributed by atoms with van der Waals surface area (Å²) in [5, 5.41) is 14.2. The fourth-order valence-corrected chi connectivity index (χ4v) is 4.10. The number of rotatable bonds is 6. The van der Waals surface area contributed by atoms with Crippen LogP contribution >= 0.6 is 0 Å². The van der Waals surface area contributed by atoms with E-state index < -0.39 is 0 Å². The normalized spacial score (nSPS) is 15.0. The Kier molecular flexibility index (Phi) is 5.53. The molecule has 0 bridgehead atoms. The molecule has 2 N–H and O–H groups in total. The van der Waals surface area contributed by atoms with Crippen molar-refractivity contribution in [1.82, 2.24) is 19.7 Å². The van der Waals surface area contributed by atoms with E-state index >= 15 is 0 Å². The molecule has 4 rings (SSSR count). The van der Waals surface area contributed by atoms with Crippen LogP contribution in [-0.2, 0) is 7.05 Å². The van der Waals surface area contributed by atoms with E-state index in [1.165, 1.54) is 19.3 Å². The Morgan fingerprint density at radius 3 is 2.79 bits per heavy atom. The Hall–Kier alpha value is -2.87. The summed E-state index contributed by atoms with van der Waals surface area (Å²) in [7, 11) is 3.38. The number of aliphatic hydroxyl groups is 1. The number of fused-ring (bicyclic) bond motifs is 1. The minimum Gasteiger partial charge on any atom is -0.496 e. The first-order valence-electron chi connectivity index (χ1n) is 10.0. The van der Waals surface area contributed by atoms with Crippen molar-refractivity contribution in [3.8, 4) is 22.9 Å². The van der Waals surface area contributed by atoms with Crippen LogP contribution in [0.3, 0.4) is 0 Å². The zero-order valence-electron chi connectivity index (χ0n) is 16.8. The van der Waals surface area contributed by atoms with Gasteiger partial charge in [0.25, 0.3) is 5.56 Å². The molecule has 0 spiro atoms. The van der Waals surface area contributed by atoms with Gasteiger partial charge in [-0.25, -0.2) is 9.67 Å². The van der Waals surface area contributed by atoms with Crippen molar-refractivity contribution in [2.75, 3.05) is 20.3 Å². The maximum absolute atomic E-state index is 13.0. The number of nitrogens with one attached hydrogen (secondary N) is 1. The van der Waals surface area contributed by atoms with Crippen molar-refractivity contribution < 1.29 is 14.6 Å². The number of nitrogens with zero attached hydrogens (tertiary/aromatic N) is 3. The van der Waals surface area contributed by atoms with E-state index in [4.69, 9.17) is 19.6 Å². The quantitative estimate of drug-likeness (QED) is 0.662. The van der Waals surface area contributed by atoms with Gasteiger partial charge >= 0.3 is 0 Å². The number of benzene rings is 1. The summed E-state index contributed by atoms with van der Waals surface area (Å²) in [4.78, 5) is 20.6. The largest absolute Gasteiger partial charge is 0.496 e. The summed E-state index contributed by atoms with van der Waals surface area (Å²) < 4.78 is 12.6. The number of H-pyrrole nitrogens is 1. The Balaban J connectivity index is 1.78. The van der Waals surface area contributed by atoms with E-state index in [0.29, 0.717) is 39.8 Å². The van der Waals surface area contributed by atoms with Crippen molar-refractivity contribution in [3.05, 3.63) is 34.2 Å². The van der Waals surface area contributed by atoms with Crippen molar-refractivity contribution in [1.29, 1.82) is 0 Å². The topological polar surface area (TPSA) is 102 Å². The van der Waals surface area contributed by atoms with Crippen molar-refractivity contribution in [3.63, 3.8) is 0 Å². The maximum Gasteiger partial charge on any atom is 0.262 e. The Labute approximate surface area is 168 Å². The van der Waals surface area contributed by atoms with Crippen LogP contribution in [0.4, 0.5) is 0 Å². The number of methoxy groups -OCH3 is 1. The van der Waals surface area contributed by atoms with Crippen molar-refractivity contribution >= 4 is 11.0 Å². The van der Waals surface area contributed by atoms with Crippen molar-refractivity contribution in [2.24, 2.45) is 7.05 Å². The second-order valence-electron chi connectivity index (χ2n) is 7.39. The standard InChI is InChI=1S/C21H26N4O4/c1-25-20-17(18(24-25)13-6-4-3-5-7-13)21(27)23-19(22-20)15-9-8-14(29-11-10-26)12-16(15)28-2/h8-9,12-13,26H,3-7,10-11H2,1-2H3,(H,22,23,27). The molecule has 0 atom stereocenters. The van der Waals surface area contributed by atoms with Crippen LogP contribution in [0.15, 0.2) is 23.0 Å². The first kappa shape index (κ1) is 19.4. The molecule has 0 unspecified atom stereocenters. The maximum atomic E-state index is 13.0. The van der Waals surface area contributed by atoms with Gasteiger partial charge in [-0.1, -0.05) is 19.3 Å². The first-order valence-corrected chi connectivity index (χ1v) is 10.0. The lowest BCUT2D eigenvalue weighted by atomic mass is 9.86. The molecule has 3 aromatic rings. The minimum atomic E-state index is -0.179. The lowest BCUT2D eigenvalue weighted by Crippen LogP contribution is -2.13. The van der Waals surface area contributed by atoms with Crippen LogP contribution in [0.1, 0.15) is 43.7 Å². The predicted octanol–water partition coefficient (Wildman–Crippen LogP) is 2.75. The molecule has 2 heterocycles. The molecule has 0 amide bonds. The highest BCUT2D eigenvalue weighted by Gasteiger charge is 2.25. The van der Waals surface area contributed by atoms with Gasteiger partial charge in [0.2, 0.25) is 0 Å². The zero-order valence-corrected chi connectivity index (χ0v) is 16.8. The summed E-state index contributed by atoms with van der Waals surface area (Å²) in [5.74, 6) is 1.84. The zero-order chi connectivity index (χ0) is 20.4. The summed E-state index contributed by atoms with van der Waals surface area (Å²) in [6, 6.07) is 5.26. The number of hydrogen-bond acceptors (Lipinski definition) is 6. The number of ether oxygens (including phenoxy) is 2. The van der Waals surface area contributed by atoms with E-state index in [-0.39, 0.29) is 18.8 Å². The van der Waals surface area contributed by atoms with Gasteiger partial charge in [-0.15, -0.1) is 0 Å². The lowest BCUT2D eigenvalue weighted by Gasteiger charge is -2.19. The molecule has 1 aromatic carbocycles. The van der Waals surface area contributed by atoms with Gasteiger partial charge in [-0.3, -0.25) is 4.79 Å². The molecule has 0 radical (unpaired) electrons. The molecule has 1 saturated carbocycles. The molecule has 0 saturated heterocycles. The molecular formula is C21H26N4O4. The number of aromatic nitrogens is 4. The molecule has 1 fully saturated rings. The van der Waals surface area contributed by atoms with Gasteiger partial charge in [0, 0.05) is 19.0 Å². The molecule has 154 valence electrons. The second kappa shape index (κ2) is 8.24. The SMILES string of the molecule is COc1cc(OCCO)ccc1-c1nc2c(c(C3CCCCC3)nn2C)c(=O)[nH]1. The molecule has 29 heavy (non-hydrogen) atoms. The molecular weight excluding hydrogens is 372 g/mol. The summed E-state index contributed by atoms with van der Waals surface area (Å²) >= 11 is 0. The Morgan fingerprint density at radius 1 is 1.28 bits per heavy atom. The van der Waals surface area contributed by atoms with E-state index in [2.05, 4.69) is 10.1 Å². The van der Waals surface area contributed by atoms with Crippen LogP contribution < -0.4 is 15.0 Å². The highest BCUT2D eigenvalue weighted by Crippen LogP contribution is 2.35. The third kappa shape index (κ3) is 3.72. The molecule has 1 aliphatic carbocycles. The van der Waals surface area contributed by atoms with Crippen LogP contribution in [0.5, 0.6) is 11.5 Å². The number of aliphatic hydroxyl groups excluding tert-OH is 1. The average molecular weight is 398 g/mol. The lowest BCUT2D eigenvalue weighted by molar-refractivity contribution is 0.201. The summed E-state index contributed by atoms with van der Waals surface area (Å²) in [6.07, 6.45) is 5.73. The highest BCUT2D eigenvalue weighted by molar-refractivity contribution is 5.80. The number of aryl methyl sites for hydroxylation is 1. The Morgan fingerprint density at radius 2 is 2.07 bits per heavy atom. The van der Waals surface area contributed by atoms with E-state index in [1.807, 2.05) is 7.05 Å². The van der Waals surface area contributed by atoms with E-state index in [0.717, 1.165) is 18.5 Å². The molecule has 2 aromatic heterocycles. The van der Waals surface area contributed by atoms with Crippen LogP contribution in [0.2, 0.25) is 0 Å². The van der Waals surface area contributed by atoms with E-state index in [1.54, 1.807) is 30.0 Å². The minimum absolute atomic E-state index is 0.0700. The van der Waals surface area contributed by atoms with Crippen LogP contribution in [-0.4, -0.2) is 45.2 Å². The molecule has 0 aliphatic heterocycles. The molecule has 8 nitrogen and oxygen atoms in total. The van der Waals surface area contributed by atoms with E-state index in [9.17, 15) is 4.79 Å². The smallest absolute Gasteiger partial charge is 0.262 e. The van der Waals surface area contributed by atoms with Gasteiger partial charge in [0.05, 0.1) is 25.0 Å². The van der Waals surface area contributed by atoms with Crippen LogP contribution in [0.25, 0.3) is 22.4 Å². The summed E-state index contributed by atoms with van der Waals surface area (Å²) in [6.45, 7) is 0.127. The third-order valence-corrected chi connectivity index (χ3v) is 5.50. The van der Waals surface area contributed by atoms with Gasteiger partial charge in [0.1, 0.15) is 29.3 Å². The predicted molar refractivity (Wildman–Crippen MR) is 110 cm³/mol. The highest BCUT2D eigenvalue weighted by atomic mass is 16.5. The van der Waals surface area contributed by atoms with Gasteiger partial charge in [0.15, 0.2) is 5.65 Å². The Bertz CT molecular complexity index is 1070. The third-order valence-electron chi connectivity index (χ3n) is 5.50. The van der Waals surface area contributed by atoms with Crippen LogP contribution in [0, 0.1) is 0 Å². The summed E-state index contributed by atoms with van der Waals surface area (Å²) in [5.41, 5.74) is 1.92. The second-order valence-corrected chi connectivity index (χ2v) is 7.39. The number of aromatic amines is 1.